The lowest BCUT2D eigenvalue weighted by molar-refractivity contribution is 0.0935. The molecule has 1 N–H and O–H groups in total. The van der Waals surface area contributed by atoms with Crippen LogP contribution in [-0.2, 0) is 6.42 Å². The van der Waals surface area contributed by atoms with Crippen LogP contribution in [0, 0.1) is 0 Å². The Balaban J connectivity index is 1.97. The molecule has 0 bridgehead atoms. The monoisotopic (exact) mass is 274 g/mol. The molecule has 1 amide bonds. The molecule has 1 aromatic carbocycles. The number of pyridine rings is 1. The molecule has 1 heterocycles. The summed E-state index contributed by atoms with van der Waals surface area (Å²) < 4.78 is 0. The summed E-state index contributed by atoms with van der Waals surface area (Å²) in [5.41, 5.74) is 1.45. The van der Waals surface area contributed by atoms with Crippen molar-refractivity contribution in [2.45, 2.75) is 19.4 Å². The number of benzene rings is 1. The second-order valence-corrected chi connectivity index (χ2v) is 4.79. The highest BCUT2D eigenvalue weighted by molar-refractivity contribution is 6.31. The molecule has 2 rings (SSSR count). The van der Waals surface area contributed by atoms with Gasteiger partial charge in [0.25, 0.3) is 5.91 Å². The third kappa shape index (κ3) is 3.80. The molecule has 0 aliphatic heterocycles. The Morgan fingerprint density at radius 2 is 2.00 bits per heavy atom. The summed E-state index contributed by atoms with van der Waals surface area (Å²) in [4.78, 5) is 15.9. The number of carbonyl (C=O) groups excluding carboxylic acids is 1. The van der Waals surface area contributed by atoms with E-state index in [0.29, 0.717) is 12.1 Å². The van der Waals surface area contributed by atoms with Crippen molar-refractivity contribution in [2.24, 2.45) is 0 Å². The molecule has 0 fully saturated rings. The van der Waals surface area contributed by atoms with E-state index in [9.17, 15) is 4.79 Å². The molecular formula is C15H15ClN2O. The van der Waals surface area contributed by atoms with E-state index < -0.39 is 0 Å². The minimum absolute atomic E-state index is 0.00518. The molecule has 2 aromatic rings. The molecule has 0 aliphatic carbocycles. The van der Waals surface area contributed by atoms with Crippen LogP contribution in [0.15, 0.2) is 48.7 Å². The van der Waals surface area contributed by atoms with Gasteiger partial charge in [0.2, 0.25) is 0 Å². The van der Waals surface area contributed by atoms with Crippen LogP contribution in [0.1, 0.15) is 23.0 Å². The van der Waals surface area contributed by atoms with E-state index in [1.807, 2.05) is 31.2 Å². The fourth-order valence-electron chi connectivity index (χ4n) is 1.84. The topological polar surface area (TPSA) is 42.0 Å². The summed E-state index contributed by atoms with van der Waals surface area (Å²) in [5, 5.41) is 3.64. The van der Waals surface area contributed by atoms with Crippen molar-refractivity contribution in [3.63, 3.8) is 0 Å². The predicted molar refractivity (Wildman–Crippen MR) is 76.3 cm³/mol. The molecule has 98 valence electrons. The smallest absolute Gasteiger partial charge is 0.270 e. The fraction of sp³-hybridized carbons (Fsp3) is 0.200. The summed E-state index contributed by atoms with van der Waals surface area (Å²) in [5.74, 6) is -0.167. The maximum absolute atomic E-state index is 11.9. The van der Waals surface area contributed by atoms with E-state index in [4.69, 9.17) is 11.6 Å². The number of aromatic nitrogens is 1. The average Bonchev–Trinajstić information content (AvgIpc) is 2.42. The lowest BCUT2D eigenvalue weighted by Gasteiger charge is -2.14. The number of nitrogens with zero attached hydrogens (tertiary/aromatic N) is 1. The highest BCUT2D eigenvalue weighted by Gasteiger charge is 2.12. The van der Waals surface area contributed by atoms with Gasteiger partial charge in [0.15, 0.2) is 0 Å². The Bertz CT molecular complexity index is 557. The SMILES string of the molecule is CC(Cc1ccccc1Cl)NC(=O)c1ccccn1. The Kier molecular flexibility index (Phi) is 4.53. The normalized spacial score (nSPS) is 11.9. The van der Waals surface area contributed by atoms with Crippen LogP contribution < -0.4 is 5.32 Å². The van der Waals surface area contributed by atoms with Gasteiger partial charge in [-0.1, -0.05) is 35.9 Å². The van der Waals surface area contributed by atoms with Gasteiger partial charge in [-0.15, -0.1) is 0 Å². The number of hydrogen-bond donors (Lipinski definition) is 1. The van der Waals surface area contributed by atoms with Gasteiger partial charge in [-0.2, -0.15) is 0 Å². The zero-order valence-corrected chi connectivity index (χ0v) is 11.4. The average molecular weight is 275 g/mol. The third-order valence-corrected chi connectivity index (χ3v) is 3.13. The van der Waals surface area contributed by atoms with Gasteiger partial charge in [0.05, 0.1) is 0 Å². The van der Waals surface area contributed by atoms with Gasteiger partial charge in [-0.25, -0.2) is 0 Å². The standard InChI is InChI=1S/C15H15ClN2O/c1-11(10-12-6-2-3-7-13(12)16)18-15(19)14-8-4-5-9-17-14/h2-9,11H,10H2,1H3,(H,18,19). The van der Waals surface area contributed by atoms with E-state index in [0.717, 1.165) is 10.6 Å². The Labute approximate surface area is 117 Å². The minimum Gasteiger partial charge on any atom is -0.348 e. The molecule has 19 heavy (non-hydrogen) atoms. The van der Waals surface area contributed by atoms with E-state index in [-0.39, 0.29) is 11.9 Å². The first kappa shape index (κ1) is 13.6. The second kappa shape index (κ2) is 6.34. The van der Waals surface area contributed by atoms with Crippen molar-refractivity contribution in [3.8, 4) is 0 Å². The number of nitrogens with one attached hydrogen (secondary N) is 1. The van der Waals surface area contributed by atoms with E-state index in [1.54, 1.807) is 24.4 Å². The molecule has 3 nitrogen and oxygen atoms in total. The molecule has 0 saturated carbocycles. The first-order chi connectivity index (χ1) is 9.16. The number of halogens is 1. The van der Waals surface area contributed by atoms with Crippen LogP contribution in [0.2, 0.25) is 5.02 Å². The van der Waals surface area contributed by atoms with Crippen LogP contribution in [0.3, 0.4) is 0 Å². The lowest BCUT2D eigenvalue weighted by Crippen LogP contribution is -2.34. The molecule has 0 saturated heterocycles. The van der Waals surface area contributed by atoms with Gasteiger partial charge in [-0.3, -0.25) is 9.78 Å². The molecule has 1 atom stereocenters. The minimum atomic E-state index is -0.167. The second-order valence-electron chi connectivity index (χ2n) is 4.39. The van der Waals surface area contributed by atoms with Gasteiger partial charge in [0, 0.05) is 17.3 Å². The Hall–Kier alpha value is -1.87. The molecule has 0 spiro atoms. The molecule has 0 radical (unpaired) electrons. The molecule has 0 aliphatic rings. The lowest BCUT2D eigenvalue weighted by atomic mass is 10.1. The predicted octanol–water partition coefficient (Wildman–Crippen LogP) is 3.10. The van der Waals surface area contributed by atoms with E-state index >= 15 is 0 Å². The number of amides is 1. The van der Waals surface area contributed by atoms with Gasteiger partial charge < -0.3 is 5.32 Å². The first-order valence-corrected chi connectivity index (χ1v) is 6.50. The van der Waals surface area contributed by atoms with Gasteiger partial charge in [-0.05, 0) is 37.1 Å². The number of carbonyl (C=O) groups is 1. The van der Waals surface area contributed by atoms with Crippen LogP contribution in [0.5, 0.6) is 0 Å². The Morgan fingerprint density at radius 1 is 1.26 bits per heavy atom. The zero-order chi connectivity index (χ0) is 13.7. The summed E-state index contributed by atoms with van der Waals surface area (Å²) in [6.07, 6.45) is 2.30. The summed E-state index contributed by atoms with van der Waals surface area (Å²) >= 11 is 6.10. The van der Waals surface area contributed by atoms with Crippen molar-refractivity contribution >= 4 is 17.5 Å². The summed E-state index contributed by atoms with van der Waals surface area (Å²) in [7, 11) is 0. The maximum Gasteiger partial charge on any atom is 0.270 e. The number of hydrogen-bond acceptors (Lipinski definition) is 2. The van der Waals surface area contributed by atoms with Crippen LogP contribution in [0.25, 0.3) is 0 Å². The highest BCUT2D eigenvalue weighted by Crippen LogP contribution is 2.16. The van der Waals surface area contributed by atoms with Crippen LogP contribution in [-0.4, -0.2) is 16.9 Å². The van der Waals surface area contributed by atoms with Crippen molar-refractivity contribution in [2.75, 3.05) is 0 Å². The fourth-order valence-corrected chi connectivity index (χ4v) is 2.05. The Morgan fingerprint density at radius 3 is 2.68 bits per heavy atom. The maximum atomic E-state index is 11.9. The summed E-state index contributed by atoms with van der Waals surface area (Å²) in [6, 6.07) is 12.9. The third-order valence-electron chi connectivity index (χ3n) is 2.76. The first-order valence-electron chi connectivity index (χ1n) is 6.12. The molecular weight excluding hydrogens is 260 g/mol. The number of rotatable bonds is 4. The van der Waals surface area contributed by atoms with Crippen molar-refractivity contribution < 1.29 is 4.79 Å². The van der Waals surface area contributed by atoms with Crippen molar-refractivity contribution in [1.29, 1.82) is 0 Å². The van der Waals surface area contributed by atoms with E-state index in [1.165, 1.54) is 0 Å². The van der Waals surface area contributed by atoms with Gasteiger partial charge >= 0.3 is 0 Å². The van der Waals surface area contributed by atoms with Crippen molar-refractivity contribution in [1.82, 2.24) is 10.3 Å². The van der Waals surface area contributed by atoms with Gasteiger partial charge in [0.1, 0.15) is 5.69 Å². The highest BCUT2D eigenvalue weighted by atomic mass is 35.5. The van der Waals surface area contributed by atoms with Crippen molar-refractivity contribution in [3.05, 3.63) is 64.9 Å². The molecule has 4 heteroatoms. The molecule has 1 unspecified atom stereocenters. The molecule has 1 aromatic heterocycles. The van der Waals surface area contributed by atoms with E-state index in [2.05, 4.69) is 10.3 Å². The quantitative estimate of drug-likeness (QED) is 0.931. The largest absolute Gasteiger partial charge is 0.348 e. The van der Waals surface area contributed by atoms with Crippen LogP contribution in [0.4, 0.5) is 0 Å². The van der Waals surface area contributed by atoms with Crippen LogP contribution >= 0.6 is 11.6 Å². The zero-order valence-electron chi connectivity index (χ0n) is 10.6. The summed E-state index contributed by atoms with van der Waals surface area (Å²) in [6.45, 7) is 1.95.